The molecule has 2 aliphatic rings. The summed E-state index contributed by atoms with van der Waals surface area (Å²) >= 11 is 0. The molecule has 3 heterocycles. The first-order chi connectivity index (χ1) is 33.4. The first-order valence-electron chi connectivity index (χ1n) is 24.9. The second kappa shape index (κ2) is 27.1. The van der Waals surface area contributed by atoms with Gasteiger partial charge in [0.25, 0.3) is 0 Å². The fourth-order valence-corrected chi connectivity index (χ4v) is 9.51. The van der Waals surface area contributed by atoms with Gasteiger partial charge in [-0.1, -0.05) is 191 Å². The van der Waals surface area contributed by atoms with E-state index in [9.17, 15) is 9.59 Å². The molecule has 68 heavy (non-hydrogen) atoms. The van der Waals surface area contributed by atoms with Crippen LogP contribution in [-0.4, -0.2) is 70.2 Å². The molecule has 4 aromatic carbocycles. The number of nitrogens with zero attached hydrogens (tertiary/aromatic N) is 3. The molecule has 0 radical (unpaired) electrons. The van der Waals surface area contributed by atoms with Crippen LogP contribution in [0.3, 0.4) is 0 Å². The van der Waals surface area contributed by atoms with E-state index in [1.54, 1.807) is 4.68 Å². The Morgan fingerprint density at radius 2 is 1.00 bits per heavy atom. The van der Waals surface area contributed by atoms with Gasteiger partial charge in [-0.25, -0.2) is 4.68 Å². The SMILES string of the molecule is CCCCCCCCCCCCc1nnn2c1[C@@H](OC(C)=O)[C@@H](OC(C)=O)[C@@H]2C[C@H]1O[C@H](COCc2ccccc2)[C@H](OCc2ccccc2)[C@H](OCc2ccccc2)[C@H]1OCc1ccccc1. The van der Waals surface area contributed by atoms with Crippen LogP contribution in [0.2, 0.25) is 0 Å². The van der Waals surface area contributed by atoms with E-state index in [0.717, 1.165) is 47.2 Å². The lowest BCUT2D eigenvalue weighted by atomic mass is 9.89. The van der Waals surface area contributed by atoms with Gasteiger partial charge in [-0.05, 0) is 35.1 Å². The highest BCUT2D eigenvalue weighted by molar-refractivity contribution is 5.68. The molecule has 12 nitrogen and oxygen atoms in total. The number of fused-ring (bicyclic) bond motifs is 1. The van der Waals surface area contributed by atoms with Crippen molar-refractivity contribution in [1.29, 1.82) is 0 Å². The van der Waals surface area contributed by atoms with Crippen molar-refractivity contribution in [2.75, 3.05) is 6.61 Å². The second-order valence-electron chi connectivity index (χ2n) is 18.2. The van der Waals surface area contributed by atoms with Crippen LogP contribution >= 0.6 is 0 Å². The quantitative estimate of drug-likeness (QED) is 0.0351. The van der Waals surface area contributed by atoms with Crippen LogP contribution in [0.1, 0.15) is 137 Å². The zero-order chi connectivity index (χ0) is 47.3. The van der Waals surface area contributed by atoms with Crippen molar-refractivity contribution >= 4 is 11.9 Å². The standard InChI is InChI=1S/C56H71N3O9/c1-4-5-6-7-8-9-10-11-12-25-34-47-51-55(67-42(3)61)52(66-41(2)60)48(59(51)58-57-47)35-49-53(63-37-44-28-19-14-20-29-44)56(65-39-46-32-23-16-24-33-46)54(64-38-45-30-21-15-22-31-45)50(68-49)40-62-36-43-26-17-13-18-27-43/h13-24,26-33,48-50,52-56H,4-12,25,34-40H2,1-3H3/t48-,49+,50+,52-,53-,54-,55+,56+/m0/s1. The number of aromatic nitrogens is 3. The van der Waals surface area contributed by atoms with Crippen LogP contribution in [0.5, 0.6) is 0 Å². The molecule has 2 aliphatic heterocycles. The van der Waals surface area contributed by atoms with Crippen LogP contribution in [0, 0.1) is 0 Å². The predicted molar refractivity (Wildman–Crippen MR) is 259 cm³/mol. The molecule has 8 atom stereocenters. The number of carbonyl (C=O) groups is 2. The van der Waals surface area contributed by atoms with Gasteiger partial charge in [0.05, 0.1) is 50.9 Å². The number of benzene rings is 4. The normalized spacial score (nSPS) is 22.2. The lowest BCUT2D eigenvalue weighted by molar-refractivity contribution is -0.275. The minimum Gasteiger partial charge on any atom is -0.456 e. The number of ether oxygens (including phenoxy) is 7. The summed E-state index contributed by atoms with van der Waals surface area (Å²) < 4.78 is 48.6. The van der Waals surface area contributed by atoms with E-state index >= 15 is 0 Å². The number of rotatable bonds is 28. The first-order valence-corrected chi connectivity index (χ1v) is 24.9. The minimum absolute atomic E-state index is 0.188. The van der Waals surface area contributed by atoms with Gasteiger partial charge in [0.15, 0.2) is 12.2 Å². The molecule has 1 saturated heterocycles. The van der Waals surface area contributed by atoms with Crippen molar-refractivity contribution in [1.82, 2.24) is 15.0 Å². The largest absolute Gasteiger partial charge is 0.456 e. The maximum absolute atomic E-state index is 13.0. The monoisotopic (exact) mass is 930 g/mol. The average Bonchev–Trinajstić information content (AvgIpc) is 3.89. The van der Waals surface area contributed by atoms with Crippen molar-refractivity contribution in [3.05, 3.63) is 155 Å². The van der Waals surface area contributed by atoms with Crippen LogP contribution in [0.25, 0.3) is 0 Å². The van der Waals surface area contributed by atoms with Crippen molar-refractivity contribution in [2.24, 2.45) is 0 Å². The summed E-state index contributed by atoms with van der Waals surface area (Å²) in [5, 5.41) is 9.42. The molecule has 1 fully saturated rings. The summed E-state index contributed by atoms with van der Waals surface area (Å²) in [5.41, 5.74) is 5.39. The molecule has 0 amide bonds. The molecule has 0 unspecified atom stereocenters. The van der Waals surface area contributed by atoms with Gasteiger partial charge in [0.1, 0.15) is 30.1 Å². The summed E-state index contributed by atoms with van der Waals surface area (Å²) in [5.74, 6) is -0.994. The topological polar surface area (TPSA) is 129 Å². The zero-order valence-electron chi connectivity index (χ0n) is 40.2. The van der Waals surface area contributed by atoms with E-state index in [4.69, 9.17) is 43.5 Å². The number of aryl methyl sites for hydroxylation is 1. The van der Waals surface area contributed by atoms with E-state index in [0.29, 0.717) is 25.3 Å². The molecule has 12 heteroatoms. The van der Waals surface area contributed by atoms with E-state index in [2.05, 4.69) is 6.92 Å². The van der Waals surface area contributed by atoms with Gasteiger partial charge >= 0.3 is 11.9 Å². The summed E-state index contributed by atoms with van der Waals surface area (Å²) in [6, 6.07) is 39.5. The fourth-order valence-electron chi connectivity index (χ4n) is 9.51. The van der Waals surface area contributed by atoms with Gasteiger partial charge in [-0.2, -0.15) is 0 Å². The van der Waals surface area contributed by atoms with Crippen molar-refractivity contribution < 1.29 is 42.7 Å². The fraction of sp³-hybridized carbons (Fsp3) is 0.500. The Balaban J connectivity index is 1.21. The minimum atomic E-state index is -0.918. The van der Waals surface area contributed by atoms with Gasteiger partial charge < -0.3 is 33.2 Å². The van der Waals surface area contributed by atoms with E-state index in [1.807, 2.05) is 121 Å². The van der Waals surface area contributed by atoms with Crippen LogP contribution in [0.15, 0.2) is 121 Å². The predicted octanol–water partition coefficient (Wildman–Crippen LogP) is 11.0. The molecule has 0 aliphatic carbocycles. The van der Waals surface area contributed by atoms with Gasteiger partial charge in [-0.15, -0.1) is 5.10 Å². The summed E-state index contributed by atoms with van der Waals surface area (Å²) in [7, 11) is 0. The molecular formula is C56H71N3O9. The molecule has 0 bridgehead atoms. The lowest BCUT2D eigenvalue weighted by Crippen LogP contribution is -2.61. The van der Waals surface area contributed by atoms with Gasteiger partial charge in [0, 0.05) is 20.3 Å². The second-order valence-corrected chi connectivity index (χ2v) is 18.2. The summed E-state index contributed by atoms with van der Waals surface area (Å²) in [4.78, 5) is 25.9. The van der Waals surface area contributed by atoms with Crippen molar-refractivity contribution in [2.45, 2.75) is 173 Å². The lowest BCUT2D eigenvalue weighted by Gasteiger charge is -2.47. The Kier molecular flexibility index (Phi) is 20.2. The van der Waals surface area contributed by atoms with Gasteiger partial charge in [-0.3, -0.25) is 9.59 Å². The molecule has 5 aromatic rings. The zero-order valence-corrected chi connectivity index (χ0v) is 40.2. The summed E-state index contributed by atoms with van der Waals surface area (Å²) in [6.07, 6.45) is 7.83. The average molecular weight is 930 g/mol. The van der Waals surface area contributed by atoms with E-state index < -0.39 is 60.7 Å². The third-order valence-corrected chi connectivity index (χ3v) is 12.9. The highest BCUT2D eigenvalue weighted by Crippen LogP contribution is 2.45. The molecule has 7 rings (SSSR count). The Labute approximate surface area is 403 Å². The molecule has 0 saturated carbocycles. The Morgan fingerprint density at radius 1 is 0.544 bits per heavy atom. The number of hydrogen-bond donors (Lipinski definition) is 0. The number of unbranched alkanes of at least 4 members (excludes halogenated alkanes) is 9. The number of esters is 2. The third kappa shape index (κ3) is 14.9. The van der Waals surface area contributed by atoms with Crippen LogP contribution in [-0.2, 0) is 75.6 Å². The van der Waals surface area contributed by atoms with Crippen molar-refractivity contribution in [3.8, 4) is 0 Å². The summed E-state index contributed by atoms with van der Waals surface area (Å²) in [6.45, 7) is 6.40. The third-order valence-electron chi connectivity index (χ3n) is 12.9. The number of hydrogen-bond acceptors (Lipinski definition) is 11. The van der Waals surface area contributed by atoms with Crippen LogP contribution < -0.4 is 0 Å². The maximum Gasteiger partial charge on any atom is 0.303 e. The van der Waals surface area contributed by atoms with Gasteiger partial charge in [0.2, 0.25) is 0 Å². The number of carbonyl (C=O) groups excluding carboxylic acids is 2. The molecule has 0 spiro atoms. The Hall–Kier alpha value is -5.24. The molecule has 364 valence electrons. The highest BCUT2D eigenvalue weighted by atomic mass is 16.6. The molecule has 1 aromatic heterocycles. The van der Waals surface area contributed by atoms with Crippen LogP contribution in [0.4, 0.5) is 0 Å². The van der Waals surface area contributed by atoms with E-state index in [1.165, 1.54) is 58.8 Å². The van der Waals surface area contributed by atoms with E-state index in [-0.39, 0.29) is 26.2 Å². The molecular weight excluding hydrogens is 859 g/mol. The smallest absolute Gasteiger partial charge is 0.303 e. The first kappa shape index (κ1) is 50.6. The Morgan fingerprint density at radius 3 is 1.50 bits per heavy atom. The highest BCUT2D eigenvalue weighted by Gasteiger charge is 2.54. The molecule has 0 N–H and O–H groups in total. The Bertz CT molecular complexity index is 2210. The van der Waals surface area contributed by atoms with Crippen molar-refractivity contribution in [3.63, 3.8) is 0 Å². The maximum atomic E-state index is 13.0.